The molecule has 0 spiro atoms. The Labute approximate surface area is 110 Å². The number of hydrogen-bond acceptors (Lipinski definition) is 4. The maximum Gasteiger partial charge on any atom is 0.132 e. The zero-order valence-corrected chi connectivity index (χ0v) is 10.5. The highest BCUT2D eigenvalue weighted by Gasteiger charge is 2.18. The number of methoxy groups -OCH3 is 1. The van der Waals surface area contributed by atoms with Crippen LogP contribution in [0.5, 0.6) is 5.75 Å². The zero-order valence-electron chi connectivity index (χ0n) is 10.5. The molecule has 0 saturated heterocycles. The van der Waals surface area contributed by atoms with Crippen LogP contribution in [0.25, 0.3) is 0 Å². The van der Waals surface area contributed by atoms with E-state index in [0.29, 0.717) is 11.6 Å². The van der Waals surface area contributed by atoms with E-state index in [9.17, 15) is 9.50 Å². The van der Waals surface area contributed by atoms with Crippen LogP contribution in [0, 0.1) is 5.82 Å². The Morgan fingerprint density at radius 3 is 2.89 bits per heavy atom. The number of halogens is 1. The lowest BCUT2D eigenvalue weighted by molar-refractivity contribution is 0.169. The summed E-state index contributed by atoms with van der Waals surface area (Å²) in [5, 5.41) is 10.2. The molecule has 0 fully saturated rings. The van der Waals surface area contributed by atoms with E-state index in [1.54, 1.807) is 24.4 Å². The van der Waals surface area contributed by atoms with Gasteiger partial charge in [-0.25, -0.2) is 9.37 Å². The summed E-state index contributed by atoms with van der Waals surface area (Å²) in [6.45, 7) is 0. The minimum absolute atomic E-state index is 0.153. The molecule has 0 aliphatic heterocycles. The van der Waals surface area contributed by atoms with Gasteiger partial charge >= 0.3 is 0 Å². The minimum atomic E-state index is -1.00. The summed E-state index contributed by atoms with van der Waals surface area (Å²) in [6, 6.07) is 7.82. The van der Waals surface area contributed by atoms with Crippen molar-refractivity contribution >= 4 is 5.82 Å². The fourth-order valence-corrected chi connectivity index (χ4v) is 1.97. The maximum atomic E-state index is 13.8. The Bertz CT molecular complexity index is 575. The predicted octanol–water partition coefficient (Wildman–Crippen LogP) is 2.09. The first-order valence-corrected chi connectivity index (χ1v) is 5.82. The van der Waals surface area contributed by atoms with Gasteiger partial charge in [0.05, 0.1) is 18.8 Å². The van der Waals surface area contributed by atoms with Gasteiger partial charge in [-0.3, -0.25) is 0 Å². The van der Waals surface area contributed by atoms with Crippen LogP contribution >= 0.6 is 0 Å². The first-order valence-electron chi connectivity index (χ1n) is 5.82. The number of nitrogens with two attached hydrogens (primary N) is 1. The van der Waals surface area contributed by atoms with E-state index in [4.69, 9.17) is 10.5 Å². The SMILES string of the molecule is COc1cccc(F)c1C(O)Cc1ccnc(N)c1. The summed E-state index contributed by atoms with van der Waals surface area (Å²) < 4.78 is 18.9. The fraction of sp³-hybridized carbons (Fsp3) is 0.214. The molecular weight excluding hydrogens is 247 g/mol. The van der Waals surface area contributed by atoms with Gasteiger partial charge in [0.1, 0.15) is 17.4 Å². The second kappa shape index (κ2) is 5.67. The number of anilines is 1. The number of nitrogens with zero attached hydrogens (tertiary/aromatic N) is 1. The van der Waals surface area contributed by atoms with Crippen molar-refractivity contribution in [1.29, 1.82) is 0 Å². The molecule has 2 rings (SSSR count). The third kappa shape index (κ3) is 3.00. The molecule has 2 aromatic rings. The van der Waals surface area contributed by atoms with Crippen LogP contribution in [-0.2, 0) is 6.42 Å². The summed E-state index contributed by atoms with van der Waals surface area (Å²) in [5.41, 5.74) is 6.50. The van der Waals surface area contributed by atoms with E-state index in [1.165, 1.54) is 19.2 Å². The molecule has 1 aromatic heterocycles. The van der Waals surface area contributed by atoms with E-state index in [0.717, 1.165) is 5.56 Å². The third-order valence-electron chi connectivity index (χ3n) is 2.84. The monoisotopic (exact) mass is 262 g/mol. The molecule has 0 bridgehead atoms. The number of pyridine rings is 1. The van der Waals surface area contributed by atoms with Gasteiger partial charge in [0.2, 0.25) is 0 Å². The van der Waals surface area contributed by atoms with Crippen molar-refractivity contribution in [3.63, 3.8) is 0 Å². The molecule has 1 heterocycles. The summed E-state index contributed by atoms with van der Waals surface area (Å²) in [7, 11) is 1.44. The van der Waals surface area contributed by atoms with Gasteiger partial charge in [-0.05, 0) is 29.8 Å². The van der Waals surface area contributed by atoms with Gasteiger partial charge in [0.25, 0.3) is 0 Å². The molecule has 0 saturated carbocycles. The van der Waals surface area contributed by atoms with Gasteiger partial charge < -0.3 is 15.6 Å². The molecule has 1 aromatic carbocycles. The van der Waals surface area contributed by atoms with Crippen LogP contribution in [-0.4, -0.2) is 17.2 Å². The number of aromatic nitrogens is 1. The van der Waals surface area contributed by atoms with Crippen molar-refractivity contribution in [3.8, 4) is 5.75 Å². The lowest BCUT2D eigenvalue weighted by Crippen LogP contribution is -2.07. The Hall–Kier alpha value is -2.14. The zero-order chi connectivity index (χ0) is 13.8. The standard InChI is InChI=1S/C14H15FN2O2/c1-19-12-4-2-3-10(15)14(12)11(18)7-9-5-6-17-13(16)8-9/h2-6,8,11,18H,7H2,1H3,(H2,16,17). The Morgan fingerprint density at radius 2 is 2.21 bits per heavy atom. The fourth-order valence-electron chi connectivity index (χ4n) is 1.97. The Kier molecular flexibility index (Phi) is 3.97. The molecule has 0 amide bonds. The molecule has 100 valence electrons. The molecule has 0 aliphatic rings. The van der Waals surface area contributed by atoms with Crippen molar-refractivity contribution < 1.29 is 14.2 Å². The van der Waals surface area contributed by atoms with Gasteiger partial charge in [0, 0.05) is 12.6 Å². The average Bonchev–Trinajstić information content (AvgIpc) is 2.38. The topological polar surface area (TPSA) is 68.4 Å². The highest BCUT2D eigenvalue weighted by molar-refractivity contribution is 5.38. The van der Waals surface area contributed by atoms with Gasteiger partial charge in [0.15, 0.2) is 0 Å². The lowest BCUT2D eigenvalue weighted by atomic mass is 10.0. The van der Waals surface area contributed by atoms with Crippen molar-refractivity contribution in [2.75, 3.05) is 12.8 Å². The van der Waals surface area contributed by atoms with Gasteiger partial charge in [-0.1, -0.05) is 6.07 Å². The average molecular weight is 262 g/mol. The van der Waals surface area contributed by atoms with Gasteiger partial charge in [-0.2, -0.15) is 0 Å². The smallest absolute Gasteiger partial charge is 0.132 e. The van der Waals surface area contributed by atoms with Crippen molar-refractivity contribution in [2.45, 2.75) is 12.5 Å². The molecule has 0 radical (unpaired) electrons. The minimum Gasteiger partial charge on any atom is -0.496 e. The van der Waals surface area contributed by atoms with Crippen LogP contribution < -0.4 is 10.5 Å². The molecule has 3 N–H and O–H groups in total. The number of aliphatic hydroxyl groups is 1. The first kappa shape index (κ1) is 13.3. The van der Waals surface area contributed by atoms with Crippen molar-refractivity contribution in [2.24, 2.45) is 0 Å². The first-order chi connectivity index (χ1) is 9.11. The van der Waals surface area contributed by atoms with E-state index in [2.05, 4.69) is 4.98 Å². The Balaban J connectivity index is 2.27. The predicted molar refractivity (Wildman–Crippen MR) is 70.3 cm³/mol. The van der Waals surface area contributed by atoms with Crippen LogP contribution in [0.4, 0.5) is 10.2 Å². The molecule has 19 heavy (non-hydrogen) atoms. The van der Waals surface area contributed by atoms with Crippen LogP contribution in [0.3, 0.4) is 0 Å². The summed E-state index contributed by atoms with van der Waals surface area (Å²) in [6.07, 6.45) is 0.790. The second-order valence-electron chi connectivity index (χ2n) is 4.16. The van der Waals surface area contributed by atoms with E-state index >= 15 is 0 Å². The molecule has 1 atom stereocenters. The van der Waals surface area contributed by atoms with E-state index in [-0.39, 0.29) is 12.0 Å². The molecular formula is C14H15FN2O2. The third-order valence-corrected chi connectivity index (χ3v) is 2.84. The van der Waals surface area contributed by atoms with Gasteiger partial charge in [-0.15, -0.1) is 0 Å². The highest BCUT2D eigenvalue weighted by Crippen LogP contribution is 2.30. The number of ether oxygens (including phenoxy) is 1. The molecule has 0 aliphatic carbocycles. The van der Waals surface area contributed by atoms with Crippen LogP contribution in [0.1, 0.15) is 17.2 Å². The lowest BCUT2D eigenvalue weighted by Gasteiger charge is -2.15. The van der Waals surface area contributed by atoms with E-state index < -0.39 is 11.9 Å². The largest absolute Gasteiger partial charge is 0.496 e. The number of aliphatic hydroxyl groups excluding tert-OH is 1. The second-order valence-corrected chi connectivity index (χ2v) is 4.16. The Morgan fingerprint density at radius 1 is 1.42 bits per heavy atom. The molecule has 5 heteroatoms. The number of nitrogen functional groups attached to an aromatic ring is 1. The number of benzene rings is 1. The summed E-state index contributed by atoms with van der Waals surface area (Å²) in [5.74, 6) is 0.202. The molecule has 1 unspecified atom stereocenters. The van der Waals surface area contributed by atoms with E-state index in [1.807, 2.05) is 0 Å². The highest BCUT2D eigenvalue weighted by atomic mass is 19.1. The normalized spacial score (nSPS) is 12.2. The quantitative estimate of drug-likeness (QED) is 0.885. The summed E-state index contributed by atoms with van der Waals surface area (Å²) >= 11 is 0. The van der Waals surface area contributed by atoms with Crippen molar-refractivity contribution in [3.05, 3.63) is 53.5 Å². The molecule has 4 nitrogen and oxygen atoms in total. The van der Waals surface area contributed by atoms with Crippen LogP contribution in [0.2, 0.25) is 0 Å². The maximum absolute atomic E-state index is 13.8. The summed E-state index contributed by atoms with van der Waals surface area (Å²) in [4.78, 5) is 3.87. The van der Waals surface area contributed by atoms with Crippen LogP contribution in [0.15, 0.2) is 36.5 Å². The number of hydrogen-bond donors (Lipinski definition) is 2. The van der Waals surface area contributed by atoms with Crippen molar-refractivity contribution in [1.82, 2.24) is 4.98 Å². The number of rotatable bonds is 4.